The largest absolute Gasteiger partial charge is 0.457 e. The molecule has 0 aromatic rings. The number of allylic oxidation sites excluding steroid dienone is 3. The highest BCUT2D eigenvalue weighted by molar-refractivity contribution is 6.74. The molecule has 45 heavy (non-hydrogen) atoms. The van der Waals surface area contributed by atoms with Crippen molar-refractivity contribution in [1.82, 2.24) is 0 Å². The van der Waals surface area contributed by atoms with Crippen LogP contribution in [0, 0.1) is 17.8 Å². The molecule has 10 atom stereocenters. The Morgan fingerprint density at radius 1 is 1.22 bits per heavy atom. The summed E-state index contributed by atoms with van der Waals surface area (Å²) in [6.45, 7) is 23.8. The van der Waals surface area contributed by atoms with Crippen LogP contribution in [0.15, 0.2) is 36.0 Å². The maximum Gasteiger partial charge on any atom is 0.308 e. The third-order valence-corrected chi connectivity index (χ3v) is 14.4. The van der Waals surface area contributed by atoms with Gasteiger partial charge in [0.1, 0.15) is 17.8 Å². The Kier molecular flexibility index (Phi) is 14.3. The highest BCUT2D eigenvalue weighted by atomic mass is 28.4. The second kappa shape index (κ2) is 16.4. The average Bonchev–Trinajstić information content (AvgIpc) is 3.68. The molecule has 258 valence electrons. The van der Waals surface area contributed by atoms with Crippen LogP contribution in [-0.4, -0.2) is 72.7 Å². The second-order valence-corrected chi connectivity index (χ2v) is 20.0. The fourth-order valence-corrected chi connectivity index (χ4v) is 7.04. The van der Waals surface area contributed by atoms with Gasteiger partial charge in [0.2, 0.25) is 0 Å². The molecule has 0 aliphatic carbocycles. The van der Waals surface area contributed by atoms with Gasteiger partial charge in [0, 0.05) is 18.8 Å². The van der Waals surface area contributed by atoms with E-state index in [1.54, 1.807) is 13.0 Å². The minimum atomic E-state index is -2.24. The van der Waals surface area contributed by atoms with Crippen molar-refractivity contribution < 1.29 is 38.4 Å². The summed E-state index contributed by atoms with van der Waals surface area (Å²) in [5.41, 5.74) is -0.477. The number of aliphatic hydroxyl groups is 2. The lowest BCUT2D eigenvalue weighted by molar-refractivity contribution is -0.157. The van der Waals surface area contributed by atoms with Crippen LogP contribution in [-0.2, 0) is 28.2 Å². The first-order valence-electron chi connectivity index (χ1n) is 16.8. The van der Waals surface area contributed by atoms with Gasteiger partial charge >= 0.3 is 11.9 Å². The summed E-state index contributed by atoms with van der Waals surface area (Å²) in [6, 6.07) is 0. The van der Waals surface area contributed by atoms with Gasteiger partial charge in [0.05, 0.1) is 30.8 Å². The molecule has 0 aromatic heterocycles. The van der Waals surface area contributed by atoms with E-state index in [1.165, 1.54) is 6.92 Å². The third kappa shape index (κ3) is 12.1. The van der Waals surface area contributed by atoms with Gasteiger partial charge in [-0.2, -0.15) is 0 Å². The molecule has 0 saturated carbocycles. The van der Waals surface area contributed by atoms with Crippen molar-refractivity contribution in [2.45, 2.75) is 162 Å². The maximum absolute atomic E-state index is 13.4. The molecule has 10 unspecified atom stereocenters. The standard InChI is InChI=1S/C36H62O8Si/c1-13-29(38)26(5)34-30(42-34)21-23(2)15-14-16-24(3)33-25(4)17-18-31(41-27(6)37)36(10,40)20-19-28(22-32(39)43-33)44-45(11,12)35(7,8)9/h14-18,23,25-26,28-31,33-34,38,40H,13,19-22H2,1-12H3/b15-14+,18-17-,24-16+. The Morgan fingerprint density at radius 2 is 1.87 bits per heavy atom. The lowest BCUT2D eigenvalue weighted by Gasteiger charge is -2.40. The minimum Gasteiger partial charge on any atom is -0.457 e. The molecule has 0 aromatic carbocycles. The molecule has 2 aliphatic heterocycles. The molecule has 0 radical (unpaired) electrons. The zero-order chi connectivity index (χ0) is 34.3. The van der Waals surface area contributed by atoms with E-state index >= 15 is 0 Å². The van der Waals surface area contributed by atoms with Gasteiger partial charge in [-0.15, -0.1) is 0 Å². The van der Waals surface area contributed by atoms with E-state index < -0.39 is 38.2 Å². The molecule has 2 heterocycles. The molecule has 0 spiro atoms. The molecule has 8 nitrogen and oxygen atoms in total. The fraction of sp³-hybridized carbons (Fsp3) is 0.778. The van der Waals surface area contributed by atoms with Crippen molar-refractivity contribution in [2.75, 3.05) is 0 Å². The van der Waals surface area contributed by atoms with Gasteiger partial charge in [0.15, 0.2) is 8.32 Å². The number of cyclic esters (lactones) is 1. The molecule has 9 heteroatoms. The summed E-state index contributed by atoms with van der Waals surface area (Å²) in [5.74, 6) is -0.677. The van der Waals surface area contributed by atoms with Gasteiger partial charge < -0.3 is 28.8 Å². The van der Waals surface area contributed by atoms with Gasteiger partial charge in [-0.3, -0.25) is 9.59 Å². The molecule has 0 bridgehead atoms. The van der Waals surface area contributed by atoms with Crippen LogP contribution in [0.5, 0.6) is 0 Å². The first-order valence-corrected chi connectivity index (χ1v) is 19.7. The van der Waals surface area contributed by atoms with E-state index in [2.05, 4.69) is 46.9 Å². The summed E-state index contributed by atoms with van der Waals surface area (Å²) in [5, 5.41) is 21.5. The molecule has 1 fully saturated rings. The van der Waals surface area contributed by atoms with E-state index in [0.717, 1.165) is 18.4 Å². The highest BCUT2D eigenvalue weighted by Gasteiger charge is 2.45. The van der Waals surface area contributed by atoms with Crippen LogP contribution in [0.2, 0.25) is 18.1 Å². The first-order chi connectivity index (χ1) is 20.7. The van der Waals surface area contributed by atoms with E-state index in [0.29, 0.717) is 6.42 Å². The summed E-state index contributed by atoms with van der Waals surface area (Å²) in [7, 11) is -2.24. The molecule has 2 rings (SSSR count). The fourth-order valence-electron chi connectivity index (χ4n) is 5.65. The zero-order valence-electron chi connectivity index (χ0n) is 30.0. The predicted molar refractivity (Wildman–Crippen MR) is 181 cm³/mol. The maximum atomic E-state index is 13.4. The molecular formula is C36H62O8Si. The first kappa shape index (κ1) is 39.4. The minimum absolute atomic E-state index is 0.0620. The summed E-state index contributed by atoms with van der Waals surface area (Å²) in [4.78, 5) is 25.4. The van der Waals surface area contributed by atoms with Crippen LogP contribution in [0.4, 0.5) is 0 Å². The number of ether oxygens (including phenoxy) is 3. The normalized spacial score (nSPS) is 33.4. The Labute approximate surface area is 273 Å². The molecule has 2 aliphatic rings. The van der Waals surface area contributed by atoms with Crippen LogP contribution in [0.25, 0.3) is 0 Å². The Bertz CT molecular complexity index is 1070. The number of epoxide rings is 1. The number of hydrogen-bond acceptors (Lipinski definition) is 8. The summed E-state index contributed by atoms with van der Waals surface area (Å²) in [6.07, 6.45) is 10.1. The molecule has 0 amide bonds. The SMILES string of the molecule is CCC(O)C(C)C1OC1CC(C)/C=C/C=C(\C)C1OC(=O)CC(O[Si](C)(C)C(C)(C)C)CCC(C)(O)C(OC(C)=O)/C=C\C1C. The van der Waals surface area contributed by atoms with Gasteiger partial charge in [-0.05, 0) is 75.2 Å². The monoisotopic (exact) mass is 650 g/mol. The second-order valence-electron chi connectivity index (χ2n) is 15.3. The highest BCUT2D eigenvalue weighted by Crippen LogP contribution is 2.39. The van der Waals surface area contributed by atoms with E-state index in [9.17, 15) is 19.8 Å². The van der Waals surface area contributed by atoms with Crippen molar-refractivity contribution in [2.24, 2.45) is 17.8 Å². The number of carbonyl (C=O) groups excluding carboxylic acids is 2. The lowest BCUT2D eigenvalue weighted by Crippen LogP contribution is -2.46. The number of aliphatic hydroxyl groups excluding tert-OH is 1. The van der Waals surface area contributed by atoms with Gasteiger partial charge in [-0.1, -0.05) is 72.8 Å². The topological polar surface area (TPSA) is 115 Å². The summed E-state index contributed by atoms with van der Waals surface area (Å²) < 4.78 is 24.2. The lowest BCUT2D eigenvalue weighted by atomic mass is 9.88. The van der Waals surface area contributed by atoms with Crippen molar-refractivity contribution in [3.05, 3.63) is 36.0 Å². The predicted octanol–water partition coefficient (Wildman–Crippen LogP) is 7.05. The van der Waals surface area contributed by atoms with Crippen molar-refractivity contribution in [1.29, 1.82) is 0 Å². The Morgan fingerprint density at radius 3 is 2.44 bits per heavy atom. The van der Waals surface area contributed by atoms with Gasteiger partial charge in [0.25, 0.3) is 0 Å². The van der Waals surface area contributed by atoms with Gasteiger partial charge in [-0.25, -0.2) is 0 Å². The number of carbonyl (C=O) groups is 2. The van der Waals surface area contributed by atoms with E-state index in [-0.39, 0.29) is 59.9 Å². The quantitative estimate of drug-likeness (QED) is 0.0804. The van der Waals surface area contributed by atoms with E-state index in [4.69, 9.17) is 18.6 Å². The van der Waals surface area contributed by atoms with Crippen LogP contribution < -0.4 is 0 Å². The average molecular weight is 651 g/mol. The van der Waals surface area contributed by atoms with Crippen LogP contribution in [0.3, 0.4) is 0 Å². The molecular weight excluding hydrogens is 588 g/mol. The molecule has 1 saturated heterocycles. The van der Waals surface area contributed by atoms with Crippen LogP contribution >= 0.6 is 0 Å². The Hall–Kier alpha value is -1.78. The smallest absolute Gasteiger partial charge is 0.308 e. The summed E-state index contributed by atoms with van der Waals surface area (Å²) >= 11 is 0. The van der Waals surface area contributed by atoms with Crippen molar-refractivity contribution in [3.8, 4) is 0 Å². The zero-order valence-corrected chi connectivity index (χ0v) is 31.0. The Balaban J connectivity index is 2.28. The number of esters is 2. The molecule has 2 N–H and O–H groups in total. The van der Waals surface area contributed by atoms with Crippen molar-refractivity contribution >= 4 is 20.3 Å². The number of rotatable bonds is 11. The third-order valence-electron chi connectivity index (χ3n) is 9.88. The van der Waals surface area contributed by atoms with Crippen molar-refractivity contribution in [3.63, 3.8) is 0 Å². The van der Waals surface area contributed by atoms with Crippen LogP contribution in [0.1, 0.15) is 101 Å². The number of hydrogen-bond donors (Lipinski definition) is 2. The van der Waals surface area contributed by atoms with E-state index in [1.807, 2.05) is 45.9 Å².